The van der Waals surface area contributed by atoms with Crippen molar-refractivity contribution in [3.05, 3.63) is 59.0 Å². The molecule has 1 aromatic heterocycles. The number of aromatic nitrogens is 1. The topological polar surface area (TPSA) is 62.0 Å². The van der Waals surface area contributed by atoms with Gasteiger partial charge in [0, 0.05) is 17.5 Å². The van der Waals surface area contributed by atoms with E-state index in [1.54, 1.807) is 18.3 Å². The van der Waals surface area contributed by atoms with Crippen molar-refractivity contribution in [2.45, 2.75) is 30.6 Å². The minimum absolute atomic E-state index is 0.104. The van der Waals surface area contributed by atoms with Gasteiger partial charge >= 0.3 is 0 Å². The maximum atomic E-state index is 11.7. The summed E-state index contributed by atoms with van der Waals surface area (Å²) in [7, 11) is 0. The molecular formula is C17H20N2O2S. The number of benzene rings is 1. The highest BCUT2D eigenvalue weighted by molar-refractivity contribution is 7.99. The first-order valence-electron chi connectivity index (χ1n) is 7.41. The summed E-state index contributed by atoms with van der Waals surface area (Å²) in [4.78, 5) is 27.0. The van der Waals surface area contributed by atoms with Crippen LogP contribution in [0.1, 0.15) is 25.7 Å². The standard InChI is InChI=1S/C17H20N2O2S/c20-16(19-15-10-7-12-18-17(15)21)11-5-2-6-13-22-14-8-3-1-4-9-14/h1,3-4,7-10,12H,2,5-6,11,13H2,(H,18,21)(H,19,20). The van der Waals surface area contributed by atoms with Crippen LogP contribution in [0.25, 0.3) is 0 Å². The number of aromatic amines is 1. The predicted molar refractivity (Wildman–Crippen MR) is 91.3 cm³/mol. The van der Waals surface area contributed by atoms with Crippen LogP contribution in [0, 0.1) is 0 Å². The molecule has 0 aliphatic rings. The van der Waals surface area contributed by atoms with E-state index in [0.717, 1.165) is 25.0 Å². The third-order valence-electron chi connectivity index (χ3n) is 3.15. The van der Waals surface area contributed by atoms with Crippen molar-refractivity contribution < 1.29 is 4.79 Å². The molecule has 22 heavy (non-hydrogen) atoms. The number of hydrogen-bond donors (Lipinski definition) is 2. The molecule has 4 nitrogen and oxygen atoms in total. The summed E-state index contributed by atoms with van der Waals surface area (Å²) >= 11 is 1.84. The highest BCUT2D eigenvalue weighted by atomic mass is 32.2. The van der Waals surface area contributed by atoms with Gasteiger partial charge in [-0.05, 0) is 42.9 Å². The summed E-state index contributed by atoms with van der Waals surface area (Å²) in [5.74, 6) is 0.955. The molecule has 0 atom stereocenters. The van der Waals surface area contributed by atoms with Crippen LogP contribution in [0.3, 0.4) is 0 Å². The van der Waals surface area contributed by atoms with Crippen molar-refractivity contribution in [3.63, 3.8) is 0 Å². The molecule has 0 bridgehead atoms. The Morgan fingerprint density at radius 3 is 2.64 bits per heavy atom. The van der Waals surface area contributed by atoms with Crippen molar-refractivity contribution in [1.82, 2.24) is 4.98 Å². The number of H-pyrrole nitrogens is 1. The average molecular weight is 316 g/mol. The van der Waals surface area contributed by atoms with Crippen LogP contribution < -0.4 is 10.9 Å². The first-order chi connectivity index (χ1) is 10.8. The van der Waals surface area contributed by atoms with Crippen molar-refractivity contribution in [3.8, 4) is 0 Å². The van der Waals surface area contributed by atoms with E-state index in [1.165, 1.54) is 4.90 Å². The van der Waals surface area contributed by atoms with Gasteiger partial charge in [0.15, 0.2) is 0 Å². The molecule has 0 fully saturated rings. The lowest BCUT2D eigenvalue weighted by Crippen LogP contribution is -2.18. The molecule has 0 radical (unpaired) electrons. The van der Waals surface area contributed by atoms with Crippen molar-refractivity contribution in [2.75, 3.05) is 11.1 Å². The minimum Gasteiger partial charge on any atom is -0.327 e. The number of anilines is 1. The average Bonchev–Trinajstić information content (AvgIpc) is 2.54. The maximum Gasteiger partial charge on any atom is 0.271 e. The van der Waals surface area contributed by atoms with Crippen LogP contribution in [0.5, 0.6) is 0 Å². The van der Waals surface area contributed by atoms with E-state index in [0.29, 0.717) is 12.1 Å². The van der Waals surface area contributed by atoms with Gasteiger partial charge < -0.3 is 10.3 Å². The largest absolute Gasteiger partial charge is 0.327 e. The number of pyridine rings is 1. The second-order valence-corrected chi connectivity index (χ2v) is 6.10. The molecule has 0 saturated heterocycles. The molecule has 2 N–H and O–H groups in total. The Kier molecular flexibility index (Phi) is 6.77. The van der Waals surface area contributed by atoms with E-state index >= 15 is 0 Å². The maximum absolute atomic E-state index is 11.7. The summed E-state index contributed by atoms with van der Waals surface area (Å²) < 4.78 is 0. The second kappa shape index (κ2) is 9.10. The molecule has 0 aliphatic carbocycles. The van der Waals surface area contributed by atoms with Crippen LogP contribution in [0.15, 0.2) is 58.4 Å². The first-order valence-corrected chi connectivity index (χ1v) is 8.39. The van der Waals surface area contributed by atoms with E-state index in [4.69, 9.17) is 0 Å². The molecule has 1 amide bonds. The number of amides is 1. The highest BCUT2D eigenvalue weighted by Gasteiger charge is 2.04. The molecule has 0 spiro atoms. The Labute approximate surface area is 134 Å². The Balaban J connectivity index is 1.58. The number of rotatable bonds is 8. The van der Waals surface area contributed by atoms with E-state index in [9.17, 15) is 9.59 Å². The first kappa shape index (κ1) is 16.4. The predicted octanol–water partition coefficient (Wildman–Crippen LogP) is 3.67. The molecule has 0 saturated carbocycles. The van der Waals surface area contributed by atoms with Crippen LogP contribution in [0.2, 0.25) is 0 Å². The number of nitrogens with one attached hydrogen (secondary N) is 2. The quantitative estimate of drug-likeness (QED) is 0.577. The number of carbonyl (C=O) groups is 1. The second-order valence-electron chi connectivity index (χ2n) is 4.93. The minimum atomic E-state index is -0.268. The number of thioether (sulfide) groups is 1. The van der Waals surface area contributed by atoms with Crippen LogP contribution in [-0.2, 0) is 4.79 Å². The number of unbranched alkanes of at least 4 members (excludes halogenated alkanes) is 2. The Bertz CT molecular complexity index is 640. The van der Waals surface area contributed by atoms with Gasteiger partial charge in [-0.25, -0.2) is 0 Å². The fourth-order valence-corrected chi connectivity index (χ4v) is 2.94. The van der Waals surface area contributed by atoms with Crippen molar-refractivity contribution in [2.24, 2.45) is 0 Å². The summed E-state index contributed by atoms with van der Waals surface area (Å²) in [5.41, 5.74) is 0.0437. The Hall–Kier alpha value is -2.01. The van der Waals surface area contributed by atoms with E-state index < -0.39 is 0 Å². The van der Waals surface area contributed by atoms with Gasteiger partial charge in [-0.3, -0.25) is 9.59 Å². The molecule has 5 heteroatoms. The lowest BCUT2D eigenvalue weighted by molar-refractivity contribution is -0.116. The molecule has 0 aliphatic heterocycles. The zero-order chi connectivity index (χ0) is 15.6. The molecule has 2 aromatic rings. The van der Waals surface area contributed by atoms with Crippen molar-refractivity contribution in [1.29, 1.82) is 0 Å². The van der Waals surface area contributed by atoms with E-state index in [2.05, 4.69) is 22.4 Å². The zero-order valence-corrected chi connectivity index (χ0v) is 13.2. The van der Waals surface area contributed by atoms with Gasteiger partial charge in [-0.1, -0.05) is 24.6 Å². The number of carbonyl (C=O) groups excluding carboxylic acids is 1. The fourth-order valence-electron chi connectivity index (χ4n) is 2.00. The molecule has 0 unspecified atom stereocenters. The van der Waals surface area contributed by atoms with Crippen LogP contribution in [-0.4, -0.2) is 16.6 Å². The molecule has 1 aromatic carbocycles. The summed E-state index contributed by atoms with van der Waals surface area (Å²) in [6.07, 6.45) is 4.93. The summed E-state index contributed by atoms with van der Waals surface area (Å²) in [6.45, 7) is 0. The van der Waals surface area contributed by atoms with Gasteiger partial charge in [-0.2, -0.15) is 0 Å². The zero-order valence-electron chi connectivity index (χ0n) is 12.4. The monoisotopic (exact) mass is 316 g/mol. The van der Waals surface area contributed by atoms with Gasteiger partial charge in [0.25, 0.3) is 5.56 Å². The van der Waals surface area contributed by atoms with Crippen LogP contribution >= 0.6 is 11.8 Å². The van der Waals surface area contributed by atoms with Gasteiger partial charge in [-0.15, -0.1) is 11.8 Å². The van der Waals surface area contributed by atoms with E-state index in [-0.39, 0.29) is 11.5 Å². The van der Waals surface area contributed by atoms with E-state index in [1.807, 2.05) is 30.0 Å². The Morgan fingerprint density at radius 1 is 1.05 bits per heavy atom. The van der Waals surface area contributed by atoms with Gasteiger partial charge in [0.2, 0.25) is 5.91 Å². The van der Waals surface area contributed by atoms with Crippen LogP contribution in [0.4, 0.5) is 5.69 Å². The third kappa shape index (κ3) is 5.77. The summed E-state index contributed by atoms with van der Waals surface area (Å²) in [6, 6.07) is 13.6. The lowest BCUT2D eigenvalue weighted by Gasteiger charge is -2.04. The molecular weight excluding hydrogens is 296 g/mol. The normalized spacial score (nSPS) is 10.4. The lowest BCUT2D eigenvalue weighted by atomic mass is 10.2. The number of hydrogen-bond acceptors (Lipinski definition) is 3. The summed E-state index contributed by atoms with van der Waals surface area (Å²) in [5, 5.41) is 2.64. The molecule has 2 rings (SSSR count). The SMILES string of the molecule is O=C(CCCCCSc1ccccc1)Nc1ccc[nH]c1=O. The van der Waals surface area contributed by atoms with Gasteiger partial charge in [0.1, 0.15) is 5.69 Å². The fraction of sp³-hybridized carbons (Fsp3) is 0.294. The Morgan fingerprint density at radius 2 is 1.86 bits per heavy atom. The molecule has 116 valence electrons. The highest BCUT2D eigenvalue weighted by Crippen LogP contribution is 2.19. The van der Waals surface area contributed by atoms with Gasteiger partial charge in [0.05, 0.1) is 0 Å². The van der Waals surface area contributed by atoms with Crippen molar-refractivity contribution >= 4 is 23.4 Å². The smallest absolute Gasteiger partial charge is 0.271 e. The molecule has 1 heterocycles. The third-order valence-corrected chi connectivity index (χ3v) is 4.25.